The van der Waals surface area contributed by atoms with Crippen molar-refractivity contribution in [1.82, 2.24) is 14.8 Å². The second-order valence-corrected chi connectivity index (χ2v) is 4.37. The number of benzene rings is 1. The molecule has 19 heavy (non-hydrogen) atoms. The SMILES string of the molecule is Oc1ccc(-c2nc3n(n2)C(C(F)F)CCN3)cc1. The molecule has 1 aromatic heterocycles. The monoisotopic (exact) mass is 266 g/mol. The van der Waals surface area contributed by atoms with Gasteiger partial charge in [0.1, 0.15) is 11.8 Å². The molecule has 7 heteroatoms. The van der Waals surface area contributed by atoms with Crippen LogP contribution in [0.4, 0.5) is 14.7 Å². The number of nitrogens with one attached hydrogen (secondary N) is 1. The molecule has 2 heterocycles. The number of alkyl halides is 2. The molecular formula is C12H12F2N4O. The fraction of sp³-hybridized carbons (Fsp3) is 0.333. The van der Waals surface area contributed by atoms with Gasteiger partial charge < -0.3 is 10.4 Å². The van der Waals surface area contributed by atoms with Gasteiger partial charge >= 0.3 is 0 Å². The second kappa shape index (κ2) is 4.49. The molecule has 2 N–H and O–H groups in total. The fourth-order valence-electron chi connectivity index (χ4n) is 2.09. The van der Waals surface area contributed by atoms with Crippen LogP contribution in [-0.2, 0) is 0 Å². The highest BCUT2D eigenvalue weighted by molar-refractivity contribution is 5.57. The van der Waals surface area contributed by atoms with Crippen LogP contribution >= 0.6 is 0 Å². The molecule has 1 unspecified atom stereocenters. The summed E-state index contributed by atoms with van der Waals surface area (Å²) in [4.78, 5) is 4.21. The number of hydrogen-bond acceptors (Lipinski definition) is 4. The number of halogens is 2. The second-order valence-electron chi connectivity index (χ2n) is 4.37. The van der Waals surface area contributed by atoms with Crippen LogP contribution in [-0.4, -0.2) is 32.8 Å². The third kappa shape index (κ3) is 2.11. The van der Waals surface area contributed by atoms with Crippen LogP contribution in [0.25, 0.3) is 11.4 Å². The van der Waals surface area contributed by atoms with E-state index in [4.69, 9.17) is 0 Å². The van der Waals surface area contributed by atoms with Crippen LogP contribution in [0, 0.1) is 0 Å². The number of rotatable bonds is 2. The quantitative estimate of drug-likeness (QED) is 0.875. The summed E-state index contributed by atoms with van der Waals surface area (Å²) in [5.74, 6) is 0.867. The molecule has 1 aliphatic heterocycles. The maximum absolute atomic E-state index is 12.9. The summed E-state index contributed by atoms with van der Waals surface area (Å²) in [6.45, 7) is 0.461. The van der Waals surface area contributed by atoms with Crippen LogP contribution in [0.3, 0.4) is 0 Å². The van der Waals surface area contributed by atoms with Crippen LogP contribution in [0.2, 0.25) is 0 Å². The molecule has 2 aromatic rings. The predicted molar refractivity (Wildman–Crippen MR) is 65.3 cm³/mol. The van der Waals surface area contributed by atoms with Gasteiger partial charge in [-0.2, -0.15) is 4.98 Å². The minimum Gasteiger partial charge on any atom is -0.508 e. The van der Waals surface area contributed by atoms with Crippen LogP contribution in [0.5, 0.6) is 5.75 Å². The summed E-state index contributed by atoms with van der Waals surface area (Å²) < 4.78 is 27.1. The molecule has 0 radical (unpaired) electrons. The topological polar surface area (TPSA) is 63.0 Å². The number of anilines is 1. The van der Waals surface area contributed by atoms with E-state index in [2.05, 4.69) is 15.4 Å². The first kappa shape index (κ1) is 11.9. The summed E-state index contributed by atoms with van der Waals surface area (Å²) in [6.07, 6.45) is -2.14. The van der Waals surface area contributed by atoms with E-state index >= 15 is 0 Å². The summed E-state index contributed by atoms with van der Waals surface area (Å²) >= 11 is 0. The number of nitrogens with zero attached hydrogens (tertiary/aromatic N) is 3. The van der Waals surface area contributed by atoms with Crippen molar-refractivity contribution in [3.8, 4) is 17.1 Å². The van der Waals surface area contributed by atoms with Crippen molar-refractivity contribution in [1.29, 1.82) is 0 Å². The number of phenolic OH excluding ortho intramolecular Hbond substituents is 1. The first-order valence-corrected chi connectivity index (χ1v) is 5.93. The molecule has 0 spiro atoms. The smallest absolute Gasteiger partial charge is 0.260 e. The first-order valence-electron chi connectivity index (χ1n) is 5.93. The third-order valence-electron chi connectivity index (χ3n) is 3.08. The lowest BCUT2D eigenvalue weighted by molar-refractivity contribution is 0.0714. The highest BCUT2D eigenvalue weighted by atomic mass is 19.3. The number of fused-ring (bicyclic) bond motifs is 1. The lowest BCUT2D eigenvalue weighted by atomic mass is 10.2. The van der Waals surface area contributed by atoms with E-state index in [1.54, 1.807) is 12.1 Å². The molecule has 1 aliphatic rings. The molecule has 3 rings (SSSR count). The van der Waals surface area contributed by atoms with E-state index in [9.17, 15) is 13.9 Å². The first-order chi connectivity index (χ1) is 9.15. The Morgan fingerprint density at radius 3 is 2.74 bits per heavy atom. The molecule has 100 valence electrons. The van der Waals surface area contributed by atoms with Crippen molar-refractivity contribution in [2.75, 3.05) is 11.9 Å². The Bertz CT molecular complexity index is 582. The Labute approximate surface area is 107 Å². The lowest BCUT2D eigenvalue weighted by Gasteiger charge is -2.23. The number of aromatic nitrogens is 3. The molecule has 5 nitrogen and oxygen atoms in total. The standard InChI is InChI=1S/C12H12F2N4O/c13-10(14)9-5-6-15-12-16-11(17-18(9)12)7-1-3-8(19)4-2-7/h1-4,9-10,19H,5-6H2,(H,15,16,17). The molecule has 0 amide bonds. The van der Waals surface area contributed by atoms with E-state index < -0.39 is 12.5 Å². The third-order valence-corrected chi connectivity index (χ3v) is 3.08. The van der Waals surface area contributed by atoms with Gasteiger partial charge in [-0.05, 0) is 30.7 Å². The van der Waals surface area contributed by atoms with Gasteiger partial charge in [-0.15, -0.1) is 5.10 Å². The van der Waals surface area contributed by atoms with E-state index in [-0.39, 0.29) is 5.75 Å². The largest absolute Gasteiger partial charge is 0.508 e. The van der Waals surface area contributed by atoms with Gasteiger partial charge in [0.2, 0.25) is 5.95 Å². The van der Waals surface area contributed by atoms with E-state index in [1.807, 2.05) is 0 Å². The van der Waals surface area contributed by atoms with Gasteiger partial charge in [0.15, 0.2) is 5.82 Å². The lowest BCUT2D eigenvalue weighted by Crippen LogP contribution is -2.28. The van der Waals surface area contributed by atoms with Gasteiger partial charge in [0, 0.05) is 12.1 Å². The summed E-state index contributed by atoms with van der Waals surface area (Å²) in [7, 11) is 0. The van der Waals surface area contributed by atoms with Crippen molar-refractivity contribution < 1.29 is 13.9 Å². The summed E-state index contributed by atoms with van der Waals surface area (Å²) in [5.41, 5.74) is 0.675. The Morgan fingerprint density at radius 2 is 2.05 bits per heavy atom. The molecule has 0 aliphatic carbocycles. The van der Waals surface area contributed by atoms with Gasteiger partial charge in [0.05, 0.1) is 0 Å². The zero-order chi connectivity index (χ0) is 13.4. The van der Waals surface area contributed by atoms with E-state index in [0.717, 1.165) is 0 Å². The zero-order valence-corrected chi connectivity index (χ0v) is 9.92. The maximum atomic E-state index is 12.9. The van der Waals surface area contributed by atoms with Gasteiger partial charge in [-0.1, -0.05) is 0 Å². The normalized spacial score (nSPS) is 18.2. The van der Waals surface area contributed by atoms with Crippen molar-refractivity contribution in [2.24, 2.45) is 0 Å². The molecule has 0 saturated heterocycles. The minimum atomic E-state index is -2.46. The van der Waals surface area contributed by atoms with E-state index in [1.165, 1.54) is 16.8 Å². The minimum absolute atomic E-state index is 0.135. The molecule has 0 fully saturated rings. The van der Waals surface area contributed by atoms with Crippen LogP contribution in [0.1, 0.15) is 12.5 Å². The fourth-order valence-corrected chi connectivity index (χ4v) is 2.09. The number of phenols is 1. The Balaban J connectivity index is 1.99. The highest BCUT2D eigenvalue weighted by Gasteiger charge is 2.30. The average molecular weight is 266 g/mol. The van der Waals surface area contributed by atoms with Gasteiger partial charge in [-0.25, -0.2) is 13.5 Å². The Kier molecular flexibility index (Phi) is 2.81. The van der Waals surface area contributed by atoms with E-state index in [0.29, 0.717) is 30.3 Å². The number of hydrogen-bond donors (Lipinski definition) is 2. The van der Waals surface area contributed by atoms with Gasteiger partial charge in [-0.3, -0.25) is 0 Å². The van der Waals surface area contributed by atoms with Crippen molar-refractivity contribution in [2.45, 2.75) is 18.9 Å². The summed E-state index contributed by atoms with van der Waals surface area (Å²) in [5, 5.41) is 16.3. The van der Waals surface area contributed by atoms with Crippen molar-refractivity contribution in [3.05, 3.63) is 24.3 Å². The maximum Gasteiger partial charge on any atom is 0.260 e. The summed E-state index contributed by atoms with van der Waals surface area (Å²) in [6, 6.07) is 5.37. The van der Waals surface area contributed by atoms with Crippen LogP contribution < -0.4 is 5.32 Å². The number of aromatic hydroxyl groups is 1. The zero-order valence-electron chi connectivity index (χ0n) is 9.92. The predicted octanol–water partition coefficient (Wildman–Crippen LogP) is 2.27. The Hall–Kier alpha value is -2.18. The average Bonchev–Trinajstić information content (AvgIpc) is 2.82. The van der Waals surface area contributed by atoms with Gasteiger partial charge in [0.25, 0.3) is 6.43 Å². The molecule has 0 bridgehead atoms. The Morgan fingerprint density at radius 1 is 1.32 bits per heavy atom. The van der Waals surface area contributed by atoms with Crippen molar-refractivity contribution >= 4 is 5.95 Å². The van der Waals surface area contributed by atoms with Crippen molar-refractivity contribution in [3.63, 3.8) is 0 Å². The van der Waals surface area contributed by atoms with Crippen LogP contribution in [0.15, 0.2) is 24.3 Å². The molecule has 1 atom stereocenters. The molecule has 0 saturated carbocycles. The molecular weight excluding hydrogens is 254 g/mol. The molecule has 1 aromatic carbocycles. The highest BCUT2D eigenvalue weighted by Crippen LogP contribution is 2.29.